The Balaban J connectivity index is 2.11. The van der Waals surface area contributed by atoms with Crippen LogP contribution in [0.4, 0.5) is 0 Å². The van der Waals surface area contributed by atoms with Crippen LogP contribution in [0.2, 0.25) is 0 Å². The highest BCUT2D eigenvalue weighted by Crippen LogP contribution is 2.28. The third kappa shape index (κ3) is 23.3. The minimum atomic E-state index is -3.55. The summed E-state index contributed by atoms with van der Waals surface area (Å²) in [4.78, 5) is 0. The predicted molar refractivity (Wildman–Crippen MR) is 195 cm³/mol. The SMILES string of the molecule is CCCCCCCCCCCCCCCCc1cc(C)c(OS(=O)(=O)CCCCCCCCCCCCCCCC)c(C)c1. The van der Waals surface area contributed by atoms with Gasteiger partial charge in [-0.3, -0.25) is 0 Å². The standard InChI is InChI=1S/C40H74O3S/c1-5-7-9-11-13-15-17-19-21-23-25-27-29-31-33-39-35-37(3)40(38(4)36-39)43-44(41,42)34-32-30-28-26-24-22-20-18-16-14-12-10-8-6-2/h35-36H,5-34H2,1-4H3. The van der Waals surface area contributed by atoms with Gasteiger partial charge in [0.1, 0.15) is 5.75 Å². The van der Waals surface area contributed by atoms with Gasteiger partial charge in [0.05, 0.1) is 5.75 Å². The summed E-state index contributed by atoms with van der Waals surface area (Å²) in [5.74, 6) is 0.658. The Bertz CT molecular complexity index is 869. The van der Waals surface area contributed by atoms with Crippen LogP contribution in [0.3, 0.4) is 0 Å². The highest BCUT2D eigenvalue weighted by atomic mass is 32.2. The molecule has 3 nitrogen and oxygen atoms in total. The zero-order valence-corrected chi connectivity index (χ0v) is 30.8. The van der Waals surface area contributed by atoms with Crippen molar-refractivity contribution >= 4 is 10.1 Å². The molecule has 0 heterocycles. The van der Waals surface area contributed by atoms with Crippen LogP contribution < -0.4 is 4.18 Å². The first-order valence-electron chi connectivity index (χ1n) is 19.4. The average molecular weight is 635 g/mol. The lowest BCUT2D eigenvalue weighted by Gasteiger charge is -2.14. The van der Waals surface area contributed by atoms with Crippen LogP contribution in [-0.2, 0) is 16.5 Å². The fraction of sp³-hybridized carbons (Fsp3) is 0.850. The van der Waals surface area contributed by atoms with Crippen LogP contribution in [0.1, 0.15) is 210 Å². The van der Waals surface area contributed by atoms with E-state index < -0.39 is 10.1 Å². The van der Waals surface area contributed by atoms with Crippen molar-refractivity contribution in [2.75, 3.05) is 5.75 Å². The lowest BCUT2D eigenvalue weighted by Crippen LogP contribution is -2.15. The Labute approximate surface area is 276 Å². The van der Waals surface area contributed by atoms with Crippen molar-refractivity contribution in [2.45, 2.75) is 214 Å². The second kappa shape index (κ2) is 28.2. The highest BCUT2D eigenvalue weighted by molar-refractivity contribution is 7.87. The largest absolute Gasteiger partial charge is 0.382 e. The first-order valence-corrected chi connectivity index (χ1v) is 21.0. The fourth-order valence-corrected chi connectivity index (χ4v) is 7.64. The van der Waals surface area contributed by atoms with Gasteiger partial charge in [0.25, 0.3) is 0 Å². The molecule has 0 saturated carbocycles. The molecule has 258 valence electrons. The molecule has 0 bridgehead atoms. The smallest absolute Gasteiger partial charge is 0.309 e. The molecule has 0 aliphatic heterocycles. The van der Waals surface area contributed by atoms with E-state index >= 15 is 0 Å². The Hall–Kier alpha value is -1.03. The molecule has 0 fully saturated rings. The summed E-state index contributed by atoms with van der Waals surface area (Å²) in [5.41, 5.74) is 3.18. The van der Waals surface area contributed by atoms with Crippen molar-refractivity contribution in [3.05, 3.63) is 28.8 Å². The van der Waals surface area contributed by atoms with E-state index in [0.717, 1.165) is 30.4 Å². The third-order valence-electron chi connectivity index (χ3n) is 9.30. The second-order valence-corrected chi connectivity index (χ2v) is 15.5. The van der Waals surface area contributed by atoms with Gasteiger partial charge in [-0.2, -0.15) is 8.42 Å². The number of rotatable bonds is 32. The molecule has 44 heavy (non-hydrogen) atoms. The molecule has 0 aliphatic carbocycles. The van der Waals surface area contributed by atoms with Crippen LogP contribution in [0.25, 0.3) is 0 Å². The minimum absolute atomic E-state index is 0.116. The summed E-state index contributed by atoms with van der Waals surface area (Å²) in [5, 5.41) is 0. The highest BCUT2D eigenvalue weighted by Gasteiger charge is 2.16. The van der Waals surface area contributed by atoms with Gasteiger partial charge < -0.3 is 4.18 Å². The number of aryl methyl sites for hydroxylation is 3. The maximum absolute atomic E-state index is 12.7. The molecule has 1 aromatic rings. The minimum Gasteiger partial charge on any atom is -0.382 e. The zero-order valence-electron chi connectivity index (χ0n) is 30.0. The number of hydrogen-bond acceptors (Lipinski definition) is 3. The Morgan fingerprint density at radius 1 is 0.455 bits per heavy atom. The van der Waals surface area contributed by atoms with Crippen molar-refractivity contribution in [2.24, 2.45) is 0 Å². The monoisotopic (exact) mass is 635 g/mol. The first-order chi connectivity index (χ1) is 21.4. The summed E-state index contributed by atoms with van der Waals surface area (Å²) in [6.45, 7) is 8.53. The molecule has 0 saturated heterocycles. The Morgan fingerprint density at radius 2 is 0.750 bits per heavy atom. The van der Waals surface area contributed by atoms with Gasteiger partial charge >= 0.3 is 10.1 Å². The number of hydrogen-bond donors (Lipinski definition) is 0. The van der Waals surface area contributed by atoms with Crippen LogP contribution in [-0.4, -0.2) is 14.2 Å². The van der Waals surface area contributed by atoms with Gasteiger partial charge in [0, 0.05) is 0 Å². The summed E-state index contributed by atoms with van der Waals surface area (Å²) >= 11 is 0. The number of benzene rings is 1. The lowest BCUT2D eigenvalue weighted by molar-refractivity contribution is 0.477. The van der Waals surface area contributed by atoms with E-state index in [1.54, 1.807) is 0 Å². The van der Waals surface area contributed by atoms with Gasteiger partial charge in [-0.1, -0.05) is 193 Å². The van der Waals surface area contributed by atoms with Gasteiger partial charge in [-0.05, 0) is 49.8 Å². The summed E-state index contributed by atoms with van der Waals surface area (Å²) in [7, 11) is -3.55. The summed E-state index contributed by atoms with van der Waals surface area (Å²) in [6, 6.07) is 4.26. The van der Waals surface area contributed by atoms with E-state index in [0.29, 0.717) is 12.2 Å². The molecule has 0 N–H and O–H groups in total. The average Bonchev–Trinajstić information content (AvgIpc) is 2.99. The van der Waals surface area contributed by atoms with Crippen molar-refractivity contribution < 1.29 is 12.6 Å². The van der Waals surface area contributed by atoms with E-state index in [9.17, 15) is 8.42 Å². The molecular formula is C40H74O3S. The molecule has 0 atom stereocenters. The molecule has 0 spiro atoms. The first kappa shape index (κ1) is 41.0. The molecule has 0 radical (unpaired) electrons. The fourth-order valence-electron chi connectivity index (χ4n) is 6.48. The maximum Gasteiger partial charge on any atom is 0.309 e. The maximum atomic E-state index is 12.7. The quantitative estimate of drug-likeness (QED) is 0.0585. The normalized spacial score (nSPS) is 11.8. The van der Waals surface area contributed by atoms with Crippen LogP contribution >= 0.6 is 0 Å². The molecule has 0 unspecified atom stereocenters. The van der Waals surface area contributed by atoms with E-state index in [4.69, 9.17) is 4.18 Å². The topological polar surface area (TPSA) is 43.4 Å². The third-order valence-corrected chi connectivity index (χ3v) is 10.5. The molecular weight excluding hydrogens is 561 g/mol. The molecule has 1 aromatic carbocycles. The summed E-state index contributed by atoms with van der Waals surface area (Å²) in [6.07, 6.45) is 38.0. The van der Waals surface area contributed by atoms with Gasteiger partial charge in [-0.25, -0.2) is 0 Å². The van der Waals surface area contributed by atoms with Crippen molar-refractivity contribution in [3.63, 3.8) is 0 Å². The van der Waals surface area contributed by atoms with E-state index in [1.165, 1.54) is 166 Å². The molecule has 0 aromatic heterocycles. The second-order valence-electron chi connectivity index (χ2n) is 13.8. The van der Waals surface area contributed by atoms with E-state index in [1.807, 2.05) is 13.8 Å². The van der Waals surface area contributed by atoms with Gasteiger partial charge in [0.2, 0.25) is 0 Å². The predicted octanol–water partition coefficient (Wildman–Crippen LogP) is 13.5. The van der Waals surface area contributed by atoms with Crippen molar-refractivity contribution in [1.29, 1.82) is 0 Å². The van der Waals surface area contributed by atoms with Gasteiger partial charge in [0.15, 0.2) is 0 Å². The van der Waals surface area contributed by atoms with Crippen LogP contribution in [0, 0.1) is 13.8 Å². The Kier molecular flexibility index (Phi) is 26.3. The van der Waals surface area contributed by atoms with Crippen LogP contribution in [0.15, 0.2) is 12.1 Å². The lowest BCUT2D eigenvalue weighted by atomic mass is 10.00. The Morgan fingerprint density at radius 3 is 1.09 bits per heavy atom. The molecule has 4 heteroatoms. The summed E-state index contributed by atoms with van der Waals surface area (Å²) < 4.78 is 31.0. The molecule has 1 rings (SSSR count). The zero-order chi connectivity index (χ0) is 32.1. The molecule has 0 amide bonds. The van der Waals surface area contributed by atoms with E-state index in [2.05, 4.69) is 26.0 Å². The van der Waals surface area contributed by atoms with E-state index in [-0.39, 0.29) is 5.75 Å². The van der Waals surface area contributed by atoms with Crippen LogP contribution in [0.5, 0.6) is 5.75 Å². The molecule has 0 aliphatic rings. The number of unbranched alkanes of at least 4 members (excludes halogenated alkanes) is 26. The van der Waals surface area contributed by atoms with Crippen molar-refractivity contribution in [1.82, 2.24) is 0 Å². The van der Waals surface area contributed by atoms with Gasteiger partial charge in [-0.15, -0.1) is 0 Å². The van der Waals surface area contributed by atoms with Crippen molar-refractivity contribution in [3.8, 4) is 5.75 Å².